The van der Waals surface area contributed by atoms with Gasteiger partial charge in [-0.05, 0) is 110 Å². The van der Waals surface area contributed by atoms with Gasteiger partial charge in [-0.25, -0.2) is 14.6 Å². The fourth-order valence-electron chi connectivity index (χ4n) is 5.32. The van der Waals surface area contributed by atoms with Gasteiger partial charge in [-0.3, -0.25) is 5.32 Å². The van der Waals surface area contributed by atoms with Crippen LogP contribution in [0.15, 0.2) is 91.1 Å². The summed E-state index contributed by atoms with van der Waals surface area (Å²) in [5.74, 6) is 1.52. The highest BCUT2D eigenvalue weighted by molar-refractivity contribution is 6.30. The Kier molecular flexibility index (Phi) is 11.3. The molecular weight excluding hydrogens is 631 g/mol. The average Bonchev–Trinajstić information content (AvgIpc) is 3.79. The molecule has 2 fully saturated rings. The van der Waals surface area contributed by atoms with Crippen LogP contribution in [0.4, 0.5) is 45.6 Å². The minimum atomic E-state index is -4.39. The zero-order valence-corrected chi connectivity index (χ0v) is 26.1. The smallest absolute Gasteiger partial charge is 0.316 e. The molecule has 4 aromatic rings. The maximum Gasteiger partial charge on any atom is 0.416 e. The van der Waals surface area contributed by atoms with Crippen molar-refractivity contribution in [3.05, 3.63) is 113 Å². The number of alkyl halides is 3. The fraction of sp³-hybridized carbons (Fsp3) is 0.265. The number of aromatic nitrogens is 1. The minimum Gasteiger partial charge on any atom is -0.316 e. The Hall–Kier alpha value is -4.65. The number of urea groups is 2. The lowest BCUT2D eigenvalue weighted by molar-refractivity contribution is -0.137. The molecule has 3 heterocycles. The van der Waals surface area contributed by atoms with E-state index in [1.807, 2.05) is 36.4 Å². The van der Waals surface area contributed by atoms with Gasteiger partial charge in [-0.15, -0.1) is 0 Å². The van der Waals surface area contributed by atoms with E-state index in [1.165, 1.54) is 29.5 Å². The average molecular weight is 666 g/mol. The molecular formula is C34H35ClF3N7O2. The number of carbonyl (C=O) groups excluding carboxylic acids is 2. The number of nitrogens with one attached hydrogen (secondary N) is 6. The topological polar surface area (TPSA) is 119 Å². The quantitative estimate of drug-likeness (QED) is 0.125. The number of halogens is 4. The first kappa shape index (κ1) is 33.7. The van der Waals surface area contributed by atoms with Crippen LogP contribution in [0.3, 0.4) is 0 Å². The summed E-state index contributed by atoms with van der Waals surface area (Å²) in [6, 6.07) is 22.4. The monoisotopic (exact) mass is 665 g/mol. The molecule has 2 aliphatic heterocycles. The first-order chi connectivity index (χ1) is 22.6. The van der Waals surface area contributed by atoms with E-state index in [9.17, 15) is 22.8 Å². The zero-order chi connectivity index (χ0) is 33.2. The molecule has 3 aromatic carbocycles. The summed E-state index contributed by atoms with van der Waals surface area (Å²) in [6.07, 6.45) is -0.643. The number of hydrogen-bond donors (Lipinski definition) is 6. The van der Waals surface area contributed by atoms with Gasteiger partial charge < -0.3 is 26.6 Å². The second-order valence-corrected chi connectivity index (χ2v) is 11.7. The Bertz CT molecular complexity index is 1610. The van der Waals surface area contributed by atoms with E-state index in [0.717, 1.165) is 56.8 Å². The normalized spacial score (nSPS) is 17.3. The van der Waals surface area contributed by atoms with E-state index < -0.39 is 17.8 Å². The molecule has 9 nitrogen and oxygen atoms in total. The van der Waals surface area contributed by atoms with Crippen molar-refractivity contribution in [1.29, 1.82) is 0 Å². The Labute approximate surface area is 275 Å². The summed E-state index contributed by atoms with van der Waals surface area (Å²) in [4.78, 5) is 27.9. The van der Waals surface area contributed by atoms with Gasteiger partial charge in [0, 0.05) is 36.3 Å². The summed E-state index contributed by atoms with van der Waals surface area (Å²) < 4.78 is 37.5. The van der Waals surface area contributed by atoms with E-state index >= 15 is 0 Å². The molecule has 246 valence electrons. The number of carbonyl (C=O) groups is 2. The van der Waals surface area contributed by atoms with Crippen molar-refractivity contribution in [2.24, 2.45) is 0 Å². The molecule has 0 saturated carbocycles. The van der Waals surface area contributed by atoms with Crippen molar-refractivity contribution in [2.75, 3.05) is 47.4 Å². The van der Waals surface area contributed by atoms with Crippen molar-refractivity contribution in [2.45, 2.75) is 30.9 Å². The van der Waals surface area contributed by atoms with Gasteiger partial charge >= 0.3 is 18.2 Å². The van der Waals surface area contributed by atoms with Gasteiger partial charge in [0.05, 0.1) is 10.6 Å². The van der Waals surface area contributed by atoms with E-state index in [4.69, 9.17) is 11.6 Å². The lowest BCUT2D eigenvalue weighted by Crippen LogP contribution is -2.20. The van der Waals surface area contributed by atoms with E-state index in [2.05, 4.69) is 49.0 Å². The Morgan fingerprint density at radius 3 is 1.49 bits per heavy atom. The number of rotatable bonds is 6. The SMILES string of the molecule is O=C(Nc1ccc(C2CCNC2)cc1)Nc1ccc(C(F)(F)F)cc1.O=C(Nc1ccc(C2CCNC2)cc1)Nc1ccc(Cl)cn1. The van der Waals surface area contributed by atoms with Crippen LogP contribution in [0.5, 0.6) is 0 Å². The van der Waals surface area contributed by atoms with E-state index in [0.29, 0.717) is 34.1 Å². The molecule has 2 atom stereocenters. The van der Waals surface area contributed by atoms with Crippen LogP contribution in [-0.2, 0) is 6.18 Å². The van der Waals surface area contributed by atoms with Crippen LogP contribution >= 0.6 is 11.6 Å². The van der Waals surface area contributed by atoms with Gasteiger partial charge in [-0.1, -0.05) is 35.9 Å². The molecule has 13 heteroatoms. The third kappa shape index (κ3) is 10.2. The first-order valence-electron chi connectivity index (χ1n) is 15.2. The molecule has 2 saturated heterocycles. The molecule has 6 N–H and O–H groups in total. The number of nitrogens with zero attached hydrogens (tertiary/aromatic N) is 1. The lowest BCUT2D eigenvalue weighted by atomic mass is 9.98. The standard InChI is InChI=1S/C18H18F3N3O.C16H17ClN4O/c19-18(20,21)14-3-7-16(8-4-14)24-17(25)23-15-5-1-12(2-6-15)13-9-10-22-11-13;17-13-3-6-15(19-10-13)21-16(22)20-14-4-1-11(2-5-14)12-7-8-18-9-12/h1-8,13,22H,9-11H2,(H2,23,24,25);1-6,10,12,18H,7-9H2,(H2,19,20,21,22). The predicted octanol–water partition coefficient (Wildman–Crippen LogP) is 7.88. The van der Waals surface area contributed by atoms with Crippen LogP contribution in [-0.4, -0.2) is 43.2 Å². The van der Waals surface area contributed by atoms with Gasteiger partial charge in [-0.2, -0.15) is 13.2 Å². The summed E-state index contributed by atoms with van der Waals surface area (Å²) in [5.41, 5.74) is 3.43. The van der Waals surface area contributed by atoms with Gasteiger partial charge in [0.15, 0.2) is 0 Å². The van der Waals surface area contributed by atoms with Gasteiger partial charge in [0.1, 0.15) is 5.82 Å². The molecule has 2 unspecified atom stereocenters. The second kappa shape index (κ2) is 15.8. The van der Waals surface area contributed by atoms with E-state index in [1.54, 1.807) is 12.1 Å². The number of hydrogen-bond acceptors (Lipinski definition) is 5. The molecule has 2 aliphatic rings. The molecule has 0 spiro atoms. The Morgan fingerprint density at radius 2 is 1.11 bits per heavy atom. The maximum absolute atomic E-state index is 12.5. The van der Waals surface area contributed by atoms with Crippen LogP contribution < -0.4 is 31.9 Å². The third-order valence-electron chi connectivity index (χ3n) is 7.84. The summed E-state index contributed by atoms with van der Waals surface area (Å²) in [7, 11) is 0. The predicted molar refractivity (Wildman–Crippen MR) is 179 cm³/mol. The Balaban J connectivity index is 0.000000186. The van der Waals surface area contributed by atoms with Crippen LogP contribution in [0.1, 0.15) is 41.4 Å². The van der Waals surface area contributed by atoms with Gasteiger partial charge in [0.2, 0.25) is 0 Å². The summed E-state index contributed by atoms with van der Waals surface area (Å²) in [6.45, 7) is 4.07. The largest absolute Gasteiger partial charge is 0.416 e. The van der Waals surface area contributed by atoms with Crippen LogP contribution in [0.25, 0.3) is 0 Å². The highest BCUT2D eigenvalue weighted by Crippen LogP contribution is 2.30. The molecule has 0 aliphatic carbocycles. The summed E-state index contributed by atoms with van der Waals surface area (Å²) in [5, 5.41) is 17.8. The van der Waals surface area contributed by atoms with Crippen LogP contribution in [0.2, 0.25) is 5.02 Å². The molecule has 6 rings (SSSR count). The van der Waals surface area contributed by atoms with Gasteiger partial charge in [0.25, 0.3) is 0 Å². The third-order valence-corrected chi connectivity index (χ3v) is 8.06. The summed E-state index contributed by atoms with van der Waals surface area (Å²) >= 11 is 5.75. The number of anilines is 4. The van der Waals surface area contributed by atoms with Crippen LogP contribution in [0, 0.1) is 0 Å². The highest BCUT2D eigenvalue weighted by Gasteiger charge is 2.30. The zero-order valence-electron chi connectivity index (χ0n) is 25.3. The highest BCUT2D eigenvalue weighted by atomic mass is 35.5. The number of amides is 4. The van der Waals surface area contributed by atoms with Crippen molar-refractivity contribution in [3.8, 4) is 0 Å². The van der Waals surface area contributed by atoms with Crippen molar-refractivity contribution in [1.82, 2.24) is 15.6 Å². The second-order valence-electron chi connectivity index (χ2n) is 11.2. The maximum atomic E-state index is 12.5. The lowest BCUT2D eigenvalue weighted by Gasteiger charge is -2.12. The number of benzene rings is 3. The van der Waals surface area contributed by atoms with E-state index in [-0.39, 0.29) is 6.03 Å². The molecule has 1 aromatic heterocycles. The molecule has 0 bridgehead atoms. The molecule has 47 heavy (non-hydrogen) atoms. The van der Waals surface area contributed by atoms with Crippen molar-refractivity contribution >= 4 is 46.5 Å². The molecule has 4 amide bonds. The fourth-order valence-corrected chi connectivity index (χ4v) is 5.43. The number of pyridine rings is 1. The van der Waals surface area contributed by atoms with Crippen molar-refractivity contribution < 1.29 is 22.8 Å². The Morgan fingerprint density at radius 1 is 0.660 bits per heavy atom. The molecule has 0 radical (unpaired) electrons. The minimum absolute atomic E-state index is 0.291. The van der Waals surface area contributed by atoms with Crippen molar-refractivity contribution in [3.63, 3.8) is 0 Å². The first-order valence-corrected chi connectivity index (χ1v) is 15.6.